The Bertz CT molecular complexity index is 801. The van der Waals surface area contributed by atoms with Crippen molar-refractivity contribution in [3.05, 3.63) is 29.1 Å². The fraction of sp³-hybridized carbons (Fsp3) is 0.389. The van der Waals surface area contributed by atoms with Crippen molar-refractivity contribution in [3.63, 3.8) is 0 Å². The van der Waals surface area contributed by atoms with Crippen LogP contribution in [0.2, 0.25) is 0 Å². The lowest BCUT2D eigenvalue weighted by molar-refractivity contribution is -0.126. The van der Waals surface area contributed by atoms with E-state index in [1.165, 1.54) is 23.8 Å². The van der Waals surface area contributed by atoms with Crippen molar-refractivity contribution in [3.8, 4) is 17.0 Å². The molecule has 2 aromatic rings. The van der Waals surface area contributed by atoms with Gasteiger partial charge in [-0.05, 0) is 29.7 Å². The quantitative estimate of drug-likeness (QED) is 0.860. The summed E-state index contributed by atoms with van der Waals surface area (Å²) in [5.41, 5.74) is 3.00. The molecule has 0 saturated carbocycles. The van der Waals surface area contributed by atoms with Gasteiger partial charge in [0, 0.05) is 24.3 Å². The number of benzene rings is 1. The van der Waals surface area contributed by atoms with Crippen molar-refractivity contribution in [2.75, 3.05) is 11.9 Å². The van der Waals surface area contributed by atoms with Crippen LogP contribution in [0.4, 0.5) is 5.13 Å². The molecule has 1 atom stereocenters. The maximum Gasteiger partial charge on any atom is 0.248 e. The van der Waals surface area contributed by atoms with Gasteiger partial charge in [-0.15, -0.1) is 11.3 Å². The van der Waals surface area contributed by atoms with Crippen LogP contribution in [0, 0.1) is 5.92 Å². The van der Waals surface area contributed by atoms with Gasteiger partial charge in [-0.25, -0.2) is 4.98 Å². The smallest absolute Gasteiger partial charge is 0.248 e. The van der Waals surface area contributed by atoms with Gasteiger partial charge in [0.2, 0.25) is 11.8 Å². The third-order valence-corrected chi connectivity index (χ3v) is 4.79. The van der Waals surface area contributed by atoms with E-state index >= 15 is 0 Å². The van der Waals surface area contributed by atoms with Gasteiger partial charge in [-0.2, -0.15) is 0 Å². The highest BCUT2D eigenvalue weighted by atomic mass is 32.1. The highest BCUT2D eigenvalue weighted by molar-refractivity contribution is 7.14. The zero-order valence-corrected chi connectivity index (χ0v) is 15.3. The number of hydrogen-bond donors (Lipinski definition) is 2. The number of rotatable bonds is 5. The number of carbonyl (C=O) groups excluding carboxylic acids is 2. The SMILES string of the molecule is CC(=O)NC(C(=O)Nc1nc(-c2ccc3c(c2)CCO3)cs1)C(C)C. The molecule has 2 heterocycles. The molecule has 0 aliphatic carbocycles. The summed E-state index contributed by atoms with van der Waals surface area (Å²) >= 11 is 1.37. The Morgan fingerprint density at radius 1 is 1.32 bits per heavy atom. The molecule has 1 aliphatic rings. The molecular weight excluding hydrogens is 338 g/mol. The van der Waals surface area contributed by atoms with E-state index < -0.39 is 6.04 Å². The largest absolute Gasteiger partial charge is 0.493 e. The van der Waals surface area contributed by atoms with Crippen molar-refractivity contribution in [1.29, 1.82) is 0 Å². The molecule has 0 radical (unpaired) electrons. The first-order valence-electron chi connectivity index (χ1n) is 8.23. The highest BCUT2D eigenvalue weighted by Crippen LogP contribution is 2.32. The van der Waals surface area contributed by atoms with E-state index in [9.17, 15) is 9.59 Å². The van der Waals surface area contributed by atoms with Crippen molar-refractivity contribution >= 4 is 28.3 Å². The Labute approximate surface area is 150 Å². The second-order valence-corrected chi connectivity index (χ2v) is 7.23. The van der Waals surface area contributed by atoms with E-state index in [0.29, 0.717) is 5.13 Å². The molecule has 0 saturated heterocycles. The molecule has 1 unspecified atom stereocenters. The maximum atomic E-state index is 12.4. The number of amides is 2. The Morgan fingerprint density at radius 2 is 2.12 bits per heavy atom. The first-order valence-corrected chi connectivity index (χ1v) is 9.11. The lowest BCUT2D eigenvalue weighted by atomic mass is 10.0. The Morgan fingerprint density at radius 3 is 2.84 bits per heavy atom. The molecule has 0 fully saturated rings. The summed E-state index contributed by atoms with van der Waals surface area (Å²) in [6.45, 7) is 5.90. The maximum absolute atomic E-state index is 12.4. The van der Waals surface area contributed by atoms with Crippen LogP contribution in [0.1, 0.15) is 26.3 Å². The second kappa shape index (κ2) is 7.23. The second-order valence-electron chi connectivity index (χ2n) is 6.37. The van der Waals surface area contributed by atoms with E-state index in [-0.39, 0.29) is 17.7 Å². The fourth-order valence-corrected chi connectivity index (χ4v) is 3.47. The highest BCUT2D eigenvalue weighted by Gasteiger charge is 2.24. The molecule has 1 aliphatic heterocycles. The molecule has 1 aromatic heterocycles. The Hall–Kier alpha value is -2.41. The third kappa shape index (κ3) is 3.99. The topological polar surface area (TPSA) is 80.3 Å². The number of hydrogen-bond acceptors (Lipinski definition) is 5. The average Bonchev–Trinajstić information content (AvgIpc) is 3.20. The number of nitrogens with zero attached hydrogens (tertiary/aromatic N) is 1. The van der Waals surface area contributed by atoms with Crippen molar-refractivity contribution in [2.24, 2.45) is 5.92 Å². The lowest BCUT2D eigenvalue weighted by Gasteiger charge is -2.20. The van der Waals surface area contributed by atoms with E-state index in [4.69, 9.17) is 4.74 Å². The molecule has 2 N–H and O–H groups in total. The zero-order valence-electron chi connectivity index (χ0n) is 14.5. The standard InChI is InChI=1S/C18H21N3O3S/c1-10(2)16(19-11(3)22)17(23)21-18-20-14(9-25-18)12-4-5-15-13(8-12)6-7-24-15/h4-5,8-10,16H,6-7H2,1-3H3,(H,19,22)(H,20,21,23). The summed E-state index contributed by atoms with van der Waals surface area (Å²) < 4.78 is 5.52. The van der Waals surface area contributed by atoms with E-state index in [1.54, 1.807) is 0 Å². The molecule has 7 heteroatoms. The van der Waals surface area contributed by atoms with Crippen molar-refractivity contribution in [1.82, 2.24) is 10.3 Å². The molecule has 132 valence electrons. The van der Waals surface area contributed by atoms with Gasteiger partial charge in [0.15, 0.2) is 5.13 Å². The van der Waals surface area contributed by atoms with E-state index in [2.05, 4.69) is 21.7 Å². The third-order valence-electron chi connectivity index (χ3n) is 4.03. The number of fused-ring (bicyclic) bond motifs is 1. The zero-order chi connectivity index (χ0) is 18.0. The number of anilines is 1. The number of thiazole rings is 1. The normalized spacial score (nSPS) is 13.9. The number of ether oxygens (including phenoxy) is 1. The van der Waals surface area contributed by atoms with Gasteiger partial charge in [0.05, 0.1) is 12.3 Å². The summed E-state index contributed by atoms with van der Waals surface area (Å²) in [6.07, 6.45) is 0.906. The molecule has 1 aromatic carbocycles. The fourth-order valence-electron chi connectivity index (χ4n) is 2.75. The first kappa shape index (κ1) is 17.4. The van der Waals surface area contributed by atoms with Crippen molar-refractivity contribution < 1.29 is 14.3 Å². The Kier molecular flexibility index (Phi) is 5.03. The monoisotopic (exact) mass is 359 g/mol. The summed E-state index contributed by atoms with van der Waals surface area (Å²) in [6, 6.07) is 5.43. The van der Waals surface area contributed by atoms with Gasteiger partial charge in [-0.3, -0.25) is 9.59 Å². The molecule has 6 nitrogen and oxygen atoms in total. The molecular formula is C18H21N3O3S. The van der Waals surface area contributed by atoms with Crippen LogP contribution in [0.5, 0.6) is 5.75 Å². The molecule has 0 bridgehead atoms. The number of aromatic nitrogens is 1. The van der Waals surface area contributed by atoms with Crippen molar-refractivity contribution in [2.45, 2.75) is 33.2 Å². The minimum Gasteiger partial charge on any atom is -0.493 e. The van der Waals surface area contributed by atoms with Crippen LogP contribution in [0.25, 0.3) is 11.3 Å². The van der Waals surface area contributed by atoms with Gasteiger partial charge in [0.1, 0.15) is 11.8 Å². The number of carbonyl (C=O) groups is 2. The number of nitrogens with one attached hydrogen (secondary N) is 2. The van der Waals surface area contributed by atoms with Gasteiger partial charge in [0.25, 0.3) is 0 Å². The van der Waals surface area contributed by atoms with Crippen LogP contribution in [-0.4, -0.2) is 29.4 Å². The predicted octanol–water partition coefficient (Wildman–Crippen LogP) is 2.84. The van der Waals surface area contributed by atoms with Gasteiger partial charge in [-0.1, -0.05) is 13.8 Å². The lowest BCUT2D eigenvalue weighted by Crippen LogP contribution is -2.46. The van der Waals surface area contributed by atoms with E-state index in [1.807, 2.05) is 31.4 Å². The summed E-state index contributed by atoms with van der Waals surface area (Å²) in [7, 11) is 0. The summed E-state index contributed by atoms with van der Waals surface area (Å²) in [5, 5.41) is 7.91. The minimum absolute atomic E-state index is 0.0138. The molecule has 0 spiro atoms. The van der Waals surface area contributed by atoms with Crippen LogP contribution in [-0.2, 0) is 16.0 Å². The summed E-state index contributed by atoms with van der Waals surface area (Å²) in [4.78, 5) is 28.2. The van der Waals surface area contributed by atoms with Crippen LogP contribution >= 0.6 is 11.3 Å². The van der Waals surface area contributed by atoms with Gasteiger partial charge >= 0.3 is 0 Å². The van der Waals surface area contributed by atoms with Gasteiger partial charge < -0.3 is 15.4 Å². The predicted molar refractivity (Wildman–Crippen MR) is 97.8 cm³/mol. The molecule has 3 rings (SSSR count). The van der Waals surface area contributed by atoms with E-state index in [0.717, 1.165) is 30.0 Å². The van der Waals surface area contributed by atoms with Crippen LogP contribution in [0.3, 0.4) is 0 Å². The van der Waals surface area contributed by atoms with Crippen LogP contribution in [0.15, 0.2) is 23.6 Å². The molecule has 2 amide bonds. The average molecular weight is 359 g/mol. The Balaban J connectivity index is 1.73. The minimum atomic E-state index is -0.581. The first-order chi connectivity index (χ1) is 11.9. The molecule has 25 heavy (non-hydrogen) atoms. The summed E-state index contributed by atoms with van der Waals surface area (Å²) in [5.74, 6) is 0.435. The van der Waals surface area contributed by atoms with Crippen LogP contribution < -0.4 is 15.4 Å².